The summed E-state index contributed by atoms with van der Waals surface area (Å²) in [6, 6.07) is 1.98. The third kappa shape index (κ3) is 3.35. The maximum absolute atomic E-state index is 7.72. The summed E-state index contributed by atoms with van der Waals surface area (Å²) in [6.07, 6.45) is 8.48. The summed E-state index contributed by atoms with van der Waals surface area (Å²) in [5, 5.41) is 8.73. The first-order valence-corrected chi connectivity index (χ1v) is 10.1. The van der Waals surface area contributed by atoms with Gasteiger partial charge >= 0.3 is 0 Å². The summed E-state index contributed by atoms with van der Waals surface area (Å²) in [6.45, 7) is 9.63. The van der Waals surface area contributed by atoms with Crippen molar-refractivity contribution >= 4 is 28.5 Å². The molecule has 0 unspecified atom stereocenters. The third-order valence-electron chi connectivity index (χ3n) is 6.38. The van der Waals surface area contributed by atoms with E-state index in [1.54, 1.807) is 19.3 Å². The number of anilines is 1. The van der Waals surface area contributed by atoms with Crippen LogP contribution in [-0.4, -0.2) is 58.8 Å². The van der Waals surface area contributed by atoms with Gasteiger partial charge < -0.3 is 20.9 Å². The lowest BCUT2D eigenvalue weighted by atomic mass is 9.78. The fourth-order valence-electron chi connectivity index (χ4n) is 4.58. The molecule has 2 aliphatic heterocycles. The molecule has 0 atom stereocenters. The molecule has 2 fully saturated rings. The molecule has 2 aromatic rings. The number of fused-ring (bicyclic) bond motifs is 1. The van der Waals surface area contributed by atoms with Crippen LogP contribution in [-0.2, 0) is 0 Å². The van der Waals surface area contributed by atoms with Gasteiger partial charge in [0.2, 0.25) is 0 Å². The zero-order valence-corrected chi connectivity index (χ0v) is 16.8. The predicted molar refractivity (Wildman–Crippen MR) is 114 cm³/mol. The van der Waals surface area contributed by atoms with Gasteiger partial charge in [0, 0.05) is 43.1 Å². The standard InChI is InChI=1S/C21H29N7/c1-3-27-9-5-21(14-27)6-10-28(11-7-21)20-16-4-8-24-13-18(16)25-19(26-20)17(12-22)15(2)23/h4,8,12-13,22H,3,5-7,9-11,14,23H2,1-2H3/b17-15+,22-12?. The van der Waals surface area contributed by atoms with E-state index in [4.69, 9.17) is 16.1 Å². The van der Waals surface area contributed by atoms with E-state index in [2.05, 4.69) is 26.7 Å². The first-order valence-electron chi connectivity index (χ1n) is 10.1. The number of aromatic nitrogens is 3. The molecule has 3 N–H and O–H groups in total. The normalized spacial score (nSPS) is 20.6. The van der Waals surface area contributed by atoms with Crippen molar-refractivity contribution in [3.05, 3.63) is 30.0 Å². The van der Waals surface area contributed by atoms with E-state index in [0.717, 1.165) is 36.4 Å². The number of pyridine rings is 1. The number of rotatable bonds is 4. The van der Waals surface area contributed by atoms with Crippen LogP contribution in [0.15, 0.2) is 24.2 Å². The number of likely N-dealkylation sites (tertiary alicyclic amines) is 1. The second-order valence-electron chi connectivity index (χ2n) is 8.11. The van der Waals surface area contributed by atoms with E-state index in [-0.39, 0.29) is 0 Å². The molecule has 28 heavy (non-hydrogen) atoms. The summed E-state index contributed by atoms with van der Waals surface area (Å²) in [4.78, 5) is 18.6. The Morgan fingerprint density at radius 1 is 1.25 bits per heavy atom. The molecular formula is C21H29N7. The highest BCUT2D eigenvalue weighted by atomic mass is 15.2. The Hall–Kier alpha value is -2.54. The van der Waals surface area contributed by atoms with Crippen molar-refractivity contribution in [2.45, 2.75) is 33.1 Å². The topological polar surface area (TPSA) is 95.0 Å². The molecule has 4 rings (SSSR count). The van der Waals surface area contributed by atoms with Gasteiger partial charge in [0.1, 0.15) is 5.82 Å². The van der Waals surface area contributed by atoms with Crippen LogP contribution in [0.5, 0.6) is 0 Å². The smallest absolute Gasteiger partial charge is 0.165 e. The van der Waals surface area contributed by atoms with Gasteiger partial charge in [0.15, 0.2) is 5.82 Å². The highest BCUT2D eigenvalue weighted by molar-refractivity contribution is 6.08. The zero-order chi connectivity index (χ0) is 19.7. The average Bonchev–Trinajstić information content (AvgIpc) is 3.11. The van der Waals surface area contributed by atoms with Gasteiger partial charge in [-0.15, -0.1) is 0 Å². The van der Waals surface area contributed by atoms with Gasteiger partial charge in [-0.2, -0.15) is 0 Å². The van der Waals surface area contributed by atoms with Gasteiger partial charge in [-0.1, -0.05) is 6.92 Å². The van der Waals surface area contributed by atoms with E-state index in [1.807, 2.05) is 6.07 Å². The van der Waals surface area contributed by atoms with Crippen molar-refractivity contribution in [1.82, 2.24) is 19.9 Å². The Kier molecular flexibility index (Phi) is 5.02. The maximum atomic E-state index is 7.72. The van der Waals surface area contributed by atoms with Crippen LogP contribution in [0.3, 0.4) is 0 Å². The minimum atomic E-state index is 0.466. The van der Waals surface area contributed by atoms with Crippen molar-refractivity contribution in [3.63, 3.8) is 0 Å². The van der Waals surface area contributed by atoms with E-state index < -0.39 is 0 Å². The van der Waals surface area contributed by atoms with Crippen molar-refractivity contribution in [3.8, 4) is 0 Å². The van der Waals surface area contributed by atoms with Gasteiger partial charge in [-0.25, -0.2) is 9.97 Å². The van der Waals surface area contributed by atoms with Crippen molar-refractivity contribution < 1.29 is 0 Å². The first-order chi connectivity index (χ1) is 13.5. The van der Waals surface area contributed by atoms with Gasteiger partial charge in [0.05, 0.1) is 17.3 Å². The SMILES string of the molecule is CCN1CCC2(CCN(c3nc(/C(C=N)=C(\C)N)nc4cnccc34)CC2)C1. The fraction of sp³-hybridized carbons (Fsp3) is 0.524. The number of nitrogens with two attached hydrogens (primary N) is 1. The van der Waals surface area contributed by atoms with Crippen LogP contribution >= 0.6 is 0 Å². The molecule has 0 amide bonds. The van der Waals surface area contributed by atoms with E-state index in [0.29, 0.717) is 22.5 Å². The largest absolute Gasteiger partial charge is 0.402 e. The third-order valence-corrected chi connectivity index (χ3v) is 6.38. The van der Waals surface area contributed by atoms with Crippen LogP contribution in [0.4, 0.5) is 5.82 Å². The summed E-state index contributed by atoms with van der Waals surface area (Å²) in [5.74, 6) is 1.44. The van der Waals surface area contributed by atoms with Crippen molar-refractivity contribution in [1.29, 1.82) is 5.41 Å². The second-order valence-corrected chi connectivity index (χ2v) is 8.11. The first kappa shape index (κ1) is 18.8. The molecule has 0 saturated carbocycles. The highest BCUT2D eigenvalue weighted by Gasteiger charge is 2.40. The summed E-state index contributed by atoms with van der Waals surface area (Å²) < 4.78 is 0. The number of hydrogen-bond donors (Lipinski definition) is 2. The molecular weight excluding hydrogens is 350 g/mol. The number of hydrogen-bond acceptors (Lipinski definition) is 7. The minimum absolute atomic E-state index is 0.466. The Bertz CT molecular complexity index is 908. The van der Waals surface area contributed by atoms with Crippen LogP contribution in [0, 0.1) is 10.8 Å². The van der Waals surface area contributed by atoms with Crippen molar-refractivity contribution in [2.24, 2.45) is 11.1 Å². The van der Waals surface area contributed by atoms with Crippen LogP contribution in [0.25, 0.3) is 16.5 Å². The molecule has 148 valence electrons. The number of allylic oxidation sites excluding steroid dienone is 2. The molecule has 7 heteroatoms. The number of nitrogens with one attached hydrogen (secondary N) is 1. The predicted octanol–water partition coefficient (Wildman–Crippen LogP) is 2.68. The molecule has 7 nitrogen and oxygen atoms in total. The number of nitrogens with zero attached hydrogens (tertiary/aromatic N) is 5. The lowest BCUT2D eigenvalue weighted by molar-refractivity contribution is 0.212. The van der Waals surface area contributed by atoms with E-state index in [9.17, 15) is 0 Å². The lowest BCUT2D eigenvalue weighted by Gasteiger charge is -2.40. The Morgan fingerprint density at radius 2 is 2.00 bits per heavy atom. The maximum Gasteiger partial charge on any atom is 0.165 e. The molecule has 4 heterocycles. The minimum Gasteiger partial charge on any atom is -0.402 e. The van der Waals surface area contributed by atoms with Crippen molar-refractivity contribution in [2.75, 3.05) is 37.6 Å². The highest BCUT2D eigenvalue weighted by Crippen LogP contribution is 2.41. The summed E-state index contributed by atoms with van der Waals surface area (Å²) in [5.41, 5.74) is 8.34. The molecule has 2 saturated heterocycles. The lowest BCUT2D eigenvalue weighted by Crippen LogP contribution is -2.42. The van der Waals surface area contributed by atoms with Gasteiger partial charge in [-0.3, -0.25) is 4.98 Å². The monoisotopic (exact) mass is 379 g/mol. The van der Waals surface area contributed by atoms with Gasteiger partial charge in [0.25, 0.3) is 0 Å². The molecule has 1 spiro atoms. The zero-order valence-electron chi connectivity index (χ0n) is 16.8. The molecule has 0 aromatic carbocycles. The second kappa shape index (κ2) is 7.47. The quantitative estimate of drug-likeness (QED) is 0.793. The molecule has 0 radical (unpaired) electrons. The summed E-state index contributed by atoms with van der Waals surface area (Å²) in [7, 11) is 0. The fourth-order valence-corrected chi connectivity index (χ4v) is 4.58. The van der Waals surface area contributed by atoms with Gasteiger partial charge in [-0.05, 0) is 50.8 Å². The summed E-state index contributed by atoms with van der Waals surface area (Å²) >= 11 is 0. The van der Waals surface area contributed by atoms with Crippen LogP contribution < -0.4 is 10.6 Å². The molecule has 2 aliphatic rings. The van der Waals surface area contributed by atoms with Crippen LogP contribution in [0.1, 0.15) is 38.9 Å². The number of piperidine rings is 1. The molecule has 0 aliphatic carbocycles. The Morgan fingerprint density at radius 3 is 2.64 bits per heavy atom. The Labute approximate surface area is 166 Å². The Balaban J connectivity index is 1.67. The average molecular weight is 380 g/mol. The van der Waals surface area contributed by atoms with Crippen LogP contribution in [0.2, 0.25) is 0 Å². The van der Waals surface area contributed by atoms with E-state index >= 15 is 0 Å². The van der Waals surface area contributed by atoms with E-state index in [1.165, 1.54) is 38.6 Å². The molecule has 2 aromatic heterocycles. The molecule has 0 bridgehead atoms.